The van der Waals surface area contributed by atoms with Crippen LogP contribution < -0.4 is 10.0 Å². The average molecular weight is 300 g/mol. The minimum absolute atomic E-state index is 0.0232. The van der Waals surface area contributed by atoms with Gasteiger partial charge in [0.2, 0.25) is 15.9 Å². The van der Waals surface area contributed by atoms with E-state index in [1.165, 1.54) is 17.0 Å². The molecule has 0 aliphatic carbocycles. The highest BCUT2D eigenvalue weighted by atomic mass is 32.2. The van der Waals surface area contributed by atoms with E-state index >= 15 is 0 Å². The summed E-state index contributed by atoms with van der Waals surface area (Å²) in [6, 6.07) is 5.87. The fourth-order valence-corrected chi connectivity index (χ4v) is 2.13. The standard InChI is InChI=1S/C13H20N2O4S/c1-10(19-3)4-9-13(16)15(2)11-5-7-12(8-6-11)20(14,17)18/h5-8,10H,4,9H2,1-3H3,(H2,14,17,18). The molecule has 1 aromatic carbocycles. The zero-order valence-corrected chi connectivity index (χ0v) is 12.7. The van der Waals surface area contributed by atoms with Crippen LogP contribution in [0.25, 0.3) is 0 Å². The Morgan fingerprint density at radius 3 is 2.35 bits per heavy atom. The maximum absolute atomic E-state index is 12.0. The Balaban J connectivity index is 2.72. The second kappa shape index (κ2) is 6.83. The second-order valence-corrected chi connectivity index (χ2v) is 6.14. The molecule has 1 unspecified atom stereocenters. The number of rotatable bonds is 6. The summed E-state index contributed by atoms with van der Waals surface area (Å²) in [6.45, 7) is 1.90. The highest BCUT2D eigenvalue weighted by Gasteiger charge is 2.14. The Morgan fingerprint density at radius 2 is 1.90 bits per heavy atom. The Bertz CT molecular complexity index is 554. The van der Waals surface area contributed by atoms with Crippen LogP contribution in [0.2, 0.25) is 0 Å². The number of hydrogen-bond donors (Lipinski definition) is 1. The van der Waals surface area contributed by atoms with E-state index in [0.29, 0.717) is 18.5 Å². The van der Waals surface area contributed by atoms with Gasteiger partial charge in [0, 0.05) is 26.3 Å². The highest BCUT2D eigenvalue weighted by Crippen LogP contribution is 2.17. The summed E-state index contributed by atoms with van der Waals surface area (Å²) in [7, 11) is -0.464. The van der Waals surface area contributed by atoms with Crippen molar-refractivity contribution in [2.75, 3.05) is 19.1 Å². The number of carbonyl (C=O) groups excluding carboxylic acids is 1. The van der Waals surface area contributed by atoms with Gasteiger partial charge in [-0.05, 0) is 37.6 Å². The number of anilines is 1. The molecule has 6 nitrogen and oxygen atoms in total. The predicted molar refractivity (Wildman–Crippen MR) is 76.9 cm³/mol. The van der Waals surface area contributed by atoms with Crippen LogP contribution >= 0.6 is 0 Å². The third-order valence-electron chi connectivity index (χ3n) is 3.09. The topological polar surface area (TPSA) is 89.7 Å². The monoisotopic (exact) mass is 300 g/mol. The first kappa shape index (κ1) is 16.6. The lowest BCUT2D eigenvalue weighted by Gasteiger charge is -2.18. The van der Waals surface area contributed by atoms with Crippen molar-refractivity contribution in [3.05, 3.63) is 24.3 Å². The van der Waals surface area contributed by atoms with Crippen LogP contribution in [-0.4, -0.2) is 34.6 Å². The first-order chi connectivity index (χ1) is 9.25. The molecule has 0 aromatic heterocycles. The van der Waals surface area contributed by atoms with Crippen molar-refractivity contribution in [2.45, 2.75) is 30.8 Å². The quantitative estimate of drug-likeness (QED) is 0.852. The van der Waals surface area contributed by atoms with E-state index in [-0.39, 0.29) is 16.9 Å². The van der Waals surface area contributed by atoms with Crippen LogP contribution in [0.4, 0.5) is 5.69 Å². The summed E-state index contributed by atoms with van der Waals surface area (Å²) in [4.78, 5) is 13.5. The van der Waals surface area contributed by atoms with Crippen molar-refractivity contribution < 1.29 is 17.9 Å². The van der Waals surface area contributed by atoms with Crippen LogP contribution in [-0.2, 0) is 19.6 Å². The molecule has 0 radical (unpaired) electrons. The number of methoxy groups -OCH3 is 1. The van der Waals surface area contributed by atoms with Crippen molar-refractivity contribution in [2.24, 2.45) is 5.14 Å². The van der Waals surface area contributed by atoms with Gasteiger partial charge >= 0.3 is 0 Å². The van der Waals surface area contributed by atoms with Crippen molar-refractivity contribution >= 4 is 21.6 Å². The molecule has 1 rings (SSSR count). The number of amides is 1. The Labute approximate surface area is 119 Å². The summed E-state index contributed by atoms with van der Waals surface area (Å²) >= 11 is 0. The van der Waals surface area contributed by atoms with Crippen molar-refractivity contribution in [1.29, 1.82) is 0 Å². The van der Waals surface area contributed by atoms with Crippen molar-refractivity contribution in [1.82, 2.24) is 0 Å². The molecule has 0 saturated carbocycles. The summed E-state index contributed by atoms with van der Waals surface area (Å²) in [5, 5.41) is 5.02. The van der Waals surface area contributed by atoms with Gasteiger partial charge in [-0.2, -0.15) is 0 Å². The Morgan fingerprint density at radius 1 is 1.35 bits per heavy atom. The second-order valence-electron chi connectivity index (χ2n) is 4.58. The SMILES string of the molecule is COC(C)CCC(=O)N(C)c1ccc(S(N)(=O)=O)cc1. The molecule has 0 fully saturated rings. The zero-order valence-electron chi connectivity index (χ0n) is 11.9. The van der Waals surface area contributed by atoms with Crippen LogP contribution in [0.15, 0.2) is 29.2 Å². The van der Waals surface area contributed by atoms with E-state index in [1.807, 2.05) is 6.92 Å². The average Bonchev–Trinajstić information content (AvgIpc) is 2.42. The predicted octanol–water partition coefficient (Wildman–Crippen LogP) is 1.11. The Kier molecular flexibility index (Phi) is 5.67. The van der Waals surface area contributed by atoms with E-state index < -0.39 is 10.0 Å². The molecule has 1 aromatic rings. The maximum Gasteiger partial charge on any atom is 0.238 e. The van der Waals surface area contributed by atoms with Crippen LogP contribution in [0.3, 0.4) is 0 Å². The van der Waals surface area contributed by atoms with Crippen LogP contribution in [0, 0.1) is 0 Å². The first-order valence-corrected chi connectivity index (χ1v) is 7.72. The number of nitrogens with zero attached hydrogens (tertiary/aromatic N) is 1. The van der Waals surface area contributed by atoms with Crippen LogP contribution in [0.5, 0.6) is 0 Å². The number of ether oxygens (including phenoxy) is 1. The maximum atomic E-state index is 12.0. The van der Waals surface area contributed by atoms with Gasteiger partial charge in [0.05, 0.1) is 11.0 Å². The molecule has 0 bridgehead atoms. The third-order valence-corrected chi connectivity index (χ3v) is 4.02. The number of carbonyl (C=O) groups is 1. The van der Waals surface area contributed by atoms with E-state index in [4.69, 9.17) is 9.88 Å². The van der Waals surface area contributed by atoms with Gasteiger partial charge in [-0.15, -0.1) is 0 Å². The summed E-state index contributed by atoms with van der Waals surface area (Å²) in [5.41, 5.74) is 0.618. The molecule has 0 spiro atoms. The van der Waals surface area contributed by atoms with Gasteiger partial charge in [-0.25, -0.2) is 13.6 Å². The lowest BCUT2D eigenvalue weighted by Crippen LogP contribution is -2.27. The molecule has 0 aliphatic heterocycles. The number of sulfonamides is 1. The normalized spacial score (nSPS) is 13.0. The van der Waals surface area contributed by atoms with Gasteiger partial charge in [0.15, 0.2) is 0 Å². The van der Waals surface area contributed by atoms with Gasteiger partial charge < -0.3 is 9.64 Å². The molecule has 0 heterocycles. The van der Waals surface area contributed by atoms with Gasteiger partial charge in [-0.1, -0.05) is 0 Å². The van der Waals surface area contributed by atoms with Crippen LogP contribution in [0.1, 0.15) is 19.8 Å². The molecular formula is C13H20N2O4S. The van der Waals surface area contributed by atoms with E-state index in [1.54, 1.807) is 26.3 Å². The molecule has 20 heavy (non-hydrogen) atoms. The largest absolute Gasteiger partial charge is 0.382 e. The third kappa shape index (κ3) is 4.59. The molecular weight excluding hydrogens is 280 g/mol. The van der Waals surface area contributed by atoms with E-state index in [9.17, 15) is 13.2 Å². The van der Waals surface area contributed by atoms with Gasteiger partial charge in [0.1, 0.15) is 0 Å². The minimum Gasteiger partial charge on any atom is -0.382 e. The lowest BCUT2D eigenvalue weighted by molar-refractivity contribution is -0.118. The number of nitrogens with two attached hydrogens (primary N) is 1. The van der Waals surface area contributed by atoms with Gasteiger partial charge in [-0.3, -0.25) is 4.79 Å². The Hall–Kier alpha value is -1.44. The molecule has 1 amide bonds. The molecule has 112 valence electrons. The number of primary sulfonamides is 1. The molecule has 0 aliphatic rings. The van der Waals surface area contributed by atoms with Crippen molar-refractivity contribution in [3.8, 4) is 0 Å². The zero-order chi connectivity index (χ0) is 15.3. The smallest absolute Gasteiger partial charge is 0.238 e. The molecule has 2 N–H and O–H groups in total. The molecule has 0 saturated heterocycles. The fraction of sp³-hybridized carbons (Fsp3) is 0.462. The van der Waals surface area contributed by atoms with E-state index in [2.05, 4.69) is 0 Å². The molecule has 7 heteroatoms. The number of hydrogen-bond acceptors (Lipinski definition) is 4. The fourth-order valence-electron chi connectivity index (χ4n) is 1.62. The first-order valence-electron chi connectivity index (χ1n) is 6.18. The highest BCUT2D eigenvalue weighted by molar-refractivity contribution is 7.89. The van der Waals surface area contributed by atoms with E-state index in [0.717, 1.165) is 0 Å². The summed E-state index contributed by atoms with van der Waals surface area (Å²) < 4.78 is 27.4. The summed E-state index contributed by atoms with van der Waals surface area (Å²) in [5.74, 6) is -0.0581. The minimum atomic E-state index is -3.71. The van der Waals surface area contributed by atoms with Gasteiger partial charge in [0.25, 0.3) is 0 Å². The van der Waals surface area contributed by atoms with Crippen molar-refractivity contribution in [3.63, 3.8) is 0 Å². The molecule has 1 atom stereocenters. The number of benzene rings is 1. The summed E-state index contributed by atoms with van der Waals surface area (Å²) in [6.07, 6.45) is 1.02. The lowest BCUT2D eigenvalue weighted by atomic mass is 10.2.